The molecule has 0 spiro atoms. The second kappa shape index (κ2) is 15.8. The van der Waals surface area contributed by atoms with Gasteiger partial charge in [-0.2, -0.15) is 0 Å². The zero-order chi connectivity index (χ0) is 35.7. The number of phenols is 1. The van der Waals surface area contributed by atoms with Crippen molar-refractivity contribution in [1.29, 1.82) is 0 Å². The smallest absolute Gasteiger partial charge is 0.149 e. The molecule has 2 heterocycles. The molecule has 5 aromatic carbocycles. The summed E-state index contributed by atoms with van der Waals surface area (Å²) in [7, 11) is 0. The van der Waals surface area contributed by atoms with Gasteiger partial charge in [-0.25, -0.2) is 4.98 Å². The normalized spacial score (nSPS) is 11.3. The van der Waals surface area contributed by atoms with Crippen molar-refractivity contribution in [3.05, 3.63) is 143 Å². The van der Waals surface area contributed by atoms with Crippen molar-refractivity contribution in [2.24, 2.45) is 0 Å². The van der Waals surface area contributed by atoms with Gasteiger partial charge in [-0.3, -0.25) is 4.57 Å². The van der Waals surface area contributed by atoms with Gasteiger partial charge >= 0.3 is 0 Å². The molecule has 1 radical (unpaired) electrons. The van der Waals surface area contributed by atoms with Crippen molar-refractivity contribution in [2.45, 2.75) is 80.1 Å². The average Bonchev–Trinajstić information content (AvgIpc) is 3.46. The van der Waals surface area contributed by atoms with Gasteiger partial charge in [0.25, 0.3) is 0 Å². The number of benzene rings is 5. The van der Waals surface area contributed by atoms with Gasteiger partial charge in [-0.1, -0.05) is 110 Å². The molecule has 0 saturated heterocycles. The van der Waals surface area contributed by atoms with Crippen LogP contribution in [0.5, 0.6) is 5.75 Å². The number of phenolic OH excluding ortho intramolecular Hbond substituents is 1. The van der Waals surface area contributed by atoms with Crippen LogP contribution in [-0.2, 0) is 20.1 Å². The van der Waals surface area contributed by atoms with Gasteiger partial charge < -0.3 is 10.1 Å². The first kappa shape index (κ1) is 37.7. The minimum absolute atomic E-state index is 0. The van der Waals surface area contributed by atoms with Crippen LogP contribution in [-0.4, -0.2) is 19.6 Å². The van der Waals surface area contributed by atoms with E-state index in [0.717, 1.165) is 39.2 Å². The molecule has 7 rings (SSSR count). The van der Waals surface area contributed by atoms with E-state index in [-0.39, 0.29) is 25.9 Å². The second-order valence-corrected chi connectivity index (χ2v) is 14.3. The molecule has 4 nitrogen and oxygen atoms in total. The Morgan fingerprint density at radius 2 is 1.31 bits per heavy atom. The third kappa shape index (κ3) is 7.56. The monoisotopic (exact) mass is 851 g/mol. The minimum Gasteiger partial charge on any atom is -0.507 e. The summed E-state index contributed by atoms with van der Waals surface area (Å²) in [5.41, 5.74) is 13.8. The van der Waals surface area contributed by atoms with E-state index in [1.807, 2.05) is 42.6 Å². The third-order valence-electron chi connectivity index (χ3n) is 9.55. The Kier molecular flexibility index (Phi) is 11.6. The van der Waals surface area contributed by atoms with Crippen molar-refractivity contribution in [3.63, 3.8) is 0 Å². The molecule has 2 aromatic heterocycles. The third-order valence-corrected chi connectivity index (χ3v) is 9.55. The van der Waals surface area contributed by atoms with E-state index in [9.17, 15) is 5.11 Å². The molecule has 1 N–H and O–H groups in total. The summed E-state index contributed by atoms with van der Waals surface area (Å²) in [5, 5.41) is 13.1. The molecule has 7 aromatic rings. The van der Waals surface area contributed by atoms with Gasteiger partial charge in [0.2, 0.25) is 0 Å². The molecule has 0 aliphatic rings. The molecule has 5 heteroatoms. The zero-order valence-electron chi connectivity index (χ0n) is 31.2. The van der Waals surface area contributed by atoms with Crippen LogP contribution in [0.1, 0.15) is 92.7 Å². The first-order chi connectivity index (χ1) is 24.0. The quantitative estimate of drug-likeness (QED) is 0.170. The summed E-state index contributed by atoms with van der Waals surface area (Å²) in [6, 6.07) is 36.5. The van der Waals surface area contributed by atoms with Crippen molar-refractivity contribution < 1.29 is 25.2 Å². The van der Waals surface area contributed by atoms with E-state index >= 15 is 0 Å². The molecular formula is C46H48IrN3O-. The van der Waals surface area contributed by atoms with E-state index < -0.39 is 0 Å². The van der Waals surface area contributed by atoms with Gasteiger partial charge in [-0.15, -0.1) is 34.9 Å². The fraction of sp³-hybridized carbons (Fsp3) is 0.261. The van der Waals surface area contributed by atoms with Crippen molar-refractivity contribution in [1.82, 2.24) is 14.5 Å². The van der Waals surface area contributed by atoms with E-state index in [2.05, 4.69) is 133 Å². The van der Waals surface area contributed by atoms with E-state index in [4.69, 9.17) is 4.98 Å². The van der Waals surface area contributed by atoms with E-state index in [1.165, 1.54) is 44.3 Å². The van der Waals surface area contributed by atoms with Crippen molar-refractivity contribution >= 4 is 21.8 Å². The maximum Gasteiger partial charge on any atom is 0.149 e. The molecule has 0 bridgehead atoms. The first-order valence-electron chi connectivity index (χ1n) is 17.7. The van der Waals surface area contributed by atoms with Crippen LogP contribution < -0.4 is 0 Å². The molecular weight excluding hydrogens is 803 g/mol. The average molecular weight is 851 g/mol. The molecule has 0 fully saturated rings. The number of aromatic nitrogens is 3. The van der Waals surface area contributed by atoms with Gasteiger partial charge in [0.15, 0.2) is 0 Å². The first-order valence-corrected chi connectivity index (χ1v) is 17.7. The van der Waals surface area contributed by atoms with Crippen LogP contribution in [0.15, 0.2) is 103 Å². The van der Waals surface area contributed by atoms with E-state index in [1.54, 1.807) is 6.07 Å². The Morgan fingerprint density at radius 3 is 1.96 bits per heavy atom. The summed E-state index contributed by atoms with van der Waals surface area (Å²) < 4.78 is 2.23. The number of fused-ring (bicyclic) bond motifs is 2. The molecule has 51 heavy (non-hydrogen) atoms. The number of rotatable bonds is 6. The Bertz CT molecular complexity index is 2270. The van der Waals surface area contributed by atoms with Crippen LogP contribution >= 0.6 is 0 Å². The van der Waals surface area contributed by atoms with Crippen LogP contribution in [0, 0.1) is 26.8 Å². The maximum atomic E-state index is 10.6. The van der Waals surface area contributed by atoms with Crippen LogP contribution in [0.25, 0.3) is 50.1 Å². The van der Waals surface area contributed by atoms with Gasteiger partial charge in [0.05, 0.1) is 22.3 Å². The number of hydrogen-bond donors (Lipinski definition) is 1. The summed E-state index contributed by atoms with van der Waals surface area (Å²) in [5.74, 6) is 2.29. The van der Waals surface area contributed by atoms with Crippen molar-refractivity contribution in [3.8, 4) is 34.1 Å². The van der Waals surface area contributed by atoms with Gasteiger partial charge in [0.1, 0.15) is 11.6 Å². The SMILES string of the molecule is CC(C)c1cccc(C(C)C)c1-n1c(-c2ccccc2O)nc2ccccc21.Cc1[c-]c(-c2nccc3c(C)c(C(C)C)ccc23)cc(C)c1.[Ir]. The van der Waals surface area contributed by atoms with Crippen LogP contribution in [0.3, 0.4) is 0 Å². The maximum absolute atomic E-state index is 10.6. The molecule has 0 unspecified atom stereocenters. The Morgan fingerprint density at radius 1 is 0.667 bits per heavy atom. The summed E-state index contributed by atoms with van der Waals surface area (Å²) >= 11 is 0. The molecule has 0 saturated carbocycles. The number of nitrogens with zero attached hydrogens (tertiary/aromatic N) is 3. The van der Waals surface area contributed by atoms with Crippen molar-refractivity contribution in [2.75, 3.05) is 0 Å². The molecule has 263 valence electrons. The number of hydrogen-bond acceptors (Lipinski definition) is 3. The summed E-state index contributed by atoms with van der Waals surface area (Å²) in [4.78, 5) is 9.57. The number of aryl methyl sites for hydroxylation is 3. The Labute approximate surface area is 317 Å². The fourth-order valence-corrected chi connectivity index (χ4v) is 7.15. The second-order valence-electron chi connectivity index (χ2n) is 14.3. The number of pyridine rings is 1. The zero-order valence-corrected chi connectivity index (χ0v) is 33.6. The number of imidazole rings is 1. The molecule has 0 aliphatic heterocycles. The van der Waals surface area contributed by atoms with Gasteiger partial charge in [-0.05, 0) is 93.7 Å². The predicted octanol–water partition coefficient (Wildman–Crippen LogP) is 12.4. The molecule has 0 aliphatic carbocycles. The Balaban J connectivity index is 0.000000199. The summed E-state index contributed by atoms with van der Waals surface area (Å²) in [6.45, 7) is 19.8. The number of aromatic hydroxyl groups is 1. The van der Waals surface area contributed by atoms with Crippen LogP contribution in [0.2, 0.25) is 0 Å². The van der Waals surface area contributed by atoms with Crippen LogP contribution in [0.4, 0.5) is 0 Å². The molecule has 0 atom stereocenters. The topological polar surface area (TPSA) is 50.9 Å². The largest absolute Gasteiger partial charge is 0.507 e. The number of para-hydroxylation sites is 4. The summed E-state index contributed by atoms with van der Waals surface area (Å²) in [6.07, 6.45) is 1.92. The fourth-order valence-electron chi connectivity index (χ4n) is 7.15. The predicted molar refractivity (Wildman–Crippen MR) is 211 cm³/mol. The van der Waals surface area contributed by atoms with Gasteiger partial charge in [0, 0.05) is 26.3 Å². The molecule has 0 amide bonds. The van der Waals surface area contributed by atoms with E-state index in [0.29, 0.717) is 17.8 Å². The standard InChI is InChI=1S/C25H26N2O.C21H22N.Ir/c1-16(2)18-11-9-12-19(17(3)4)24(18)27-22-14-7-6-13-21(22)26-25(27)20-10-5-8-15-23(20)28;1-13(2)18-6-7-20-19(16(18)5)8-9-22-21(20)17-11-14(3)10-15(4)12-17;/h5-17,28H,1-4H3;6-11,13H,1-5H3;/q;-1;. The minimum atomic E-state index is 0. The Hall–Kier alpha value is -4.57.